The third-order valence-electron chi connectivity index (χ3n) is 5.29. The molecule has 0 aliphatic heterocycles. The zero-order valence-corrected chi connectivity index (χ0v) is 7.65. The van der Waals surface area contributed by atoms with Gasteiger partial charge in [0.15, 0.2) is 0 Å². The number of fused-ring (bicyclic) bond motifs is 1. The van der Waals surface area contributed by atoms with Crippen LogP contribution >= 0.6 is 0 Å². The molecule has 2 N–H and O–H groups in total. The van der Waals surface area contributed by atoms with E-state index >= 15 is 0 Å². The molecule has 62 valence electrons. The summed E-state index contributed by atoms with van der Waals surface area (Å²) in [5.74, 6) is 2.07. The van der Waals surface area contributed by atoms with Crippen LogP contribution in [0.3, 0.4) is 0 Å². The second kappa shape index (κ2) is 1.19. The molecular formula is C10H17N. The van der Waals surface area contributed by atoms with Gasteiger partial charge in [0.25, 0.3) is 0 Å². The summed E-state index contributed by atoms with van der Waals surface area (Å²) < 4.78 is 0. The molecule has 3 saturated carbocycles. The first kappa shape index (κ1) is 6.47. The quantitative estimate of drug-likeness (QED) is 0.637. The van der Waals surface area contributed by atoms with Crippen LogP contribution in [0.25, 0.3) is 0 Å². The van der Waals surface area contributed by atoms with Crippen molar-refractivity contribution in [3.05, 3.63) is 0 Å². The van der Waals surface area contributed by atoms with E-state index in [2.05, 4.69) is 20.8 Å². The van der Waals surface area contributed by atoms with Crippen LogP contribution < -0.4 is 5.73 Å². The van der Waals surface area contributed by atoms with E-state index in [9.17, 15) is 0 Å². The minimum Gasteiger partial charge on any atom is -0.330 e. The first-order chi connectivity index (χ1) is 5.08. The molecule has 3 rings (SSSR count). The minimum absolute atomic E-state index is 0.696. The summed E-state index contributed by atoms with van der Waals surface area (Å²) in [4.78, 5) is 0. The Kier molecular flexibility index (Phi) is 0.698. The molecular weight excluding hydrogens is 134 g/mol. The molecule has 0 aromatic rings. The summed E-state index contributed by atoms with van der Waals surface area (Å²) >= 11 is 0. The number of nitrogens with two attached hydrogens (primary N) is 1. The Morgan fingerprint density at radius 2 is 2.00 bits per heavy atom. The average Bonchev–Trinajstić information content (AvgIpc) is 2.77. The fourth-order valence-corrected chi connectivity index (χ4v) is 5.11. The second-order valence-electron chi connectivity index (χ2n) is 5.32. The van der Waals surface area contributed by atoms with Gasteiger partial charge in [-0.3, -0.25) is 0 Å². The molecule has 0 heterocycles. The molecule has 4 unspecified atom stereocenters. The van der Waals surface area contributed by atoms with Gasteiger partial charge in [0.2, 0.25) is 0 Å². The highest BCUT2D eigenvalue weighted by Gasteiger charge is 3.13. The van der Waals surface area contributed by atoms with Crippen molar-refractivity contribution in [3.63, 3.8) is 0 Å². The van der Waals surface area contributed by atoms with Crippen LogP contribution in [0.5, 0.6) is 0 Å². The van der Waals surface area contributed by atoms with Gasteiger partial charge in [-0.15, -0.1) is 0 Å². The highest BCUT2D eigenvalue weighted by molar-refractivity contribution is 5.59. The van der Waals surface area contributed by atoms with E-state index in [1.54, 1.807) is 0 Å². The van der Waals surface area contributed by atoms with Crippen molar-refractivity contribution >= 4 is 0 Å². The lowest BCUT2D eigenvalue weighted by Gasteiger charge is -2.16. The van der Waals surface area contributed by atoms with E-state index in [-0.39, 0.29) is 0 Å². The molecule has 0 saturated heterocycles. The van der Waals surface area contributed by atoms with Crippen LogP contribution in [0, 0.1) is 28.1 Å². The lowest BCUT2D eigenvalue weighted by Crippen LogP contribution is -2.15. The largest absolute Gasteiger partial charge is 0.330 e. The first-order valence-electron chi connectivity index (χ1n) is 4.78. The fraction of sp³-hybridized carbons (Fsp3) is 1.00. The molecule has 0 radical (unpaired) electrons. The number of rotatable bonds is 2. The summed E-state index contributed by atoms with van der Waals surface area (Å²) in [5, 5.41) is 0. The van der Waals surface area contributed by atoms with Crippen molar-refractivity contribution in [1.82, 2.24) is 0 Å². The summed E-state index contributed by atoms with van der Waals surface area (Å²) in [6, 6.07) is 0. The Morgan fingerprint density at radius 3 is 2.27 bits per heavy atom. The Hall–Kier alpha value is -0.0400. The van der Waals surface area contributed by atoms with Gasteiger partial charge in [0, 0.05) is 0 Å². The van der Waals surface area contributed by atoms with Gasteiger partial charge in [-0.25, -0.2) is 0 Å². The molecule has 3 fully saturated rings. The van der Waals surface area contributed by atoms with Crippen LogP contribution in [0.2, 0.25) is 0 Å². The molecule has 1 heteroatoms. The van der Waals surface area contributed by atoms with Crippen molar-refractivity contribution in [2.45, 2.75) is 27.2 Å². The second-order valence-corrected chi connectivity index (χ2v) is 5.32. The topological polar surface area (TPSA) is 26.0 Å². The summed E-state index contributed by atoms with van der Waals surface area (Å²) in [5.41, 5.74) is 7.88. The summed E-state index contributed by atoms with van der Waals surface area (Å²) in [6.07, 6.45) is 1.29. The van der Waals surface area contributed by atoms with Gasteiger partial charge in [0.1, 0.15) is 0 Å². The van der Waals surface area contributed by atoms with Gasteiger partial charge in [-0.2, -0.15) is 0 Å². The Labute approximate surface area is 68.3 Å². The van der Waals surface area contributed by atoms with Crippen molar-refractivity contribution in [2.24, 2.45) is 33.8 Å². The molecule has 0 bridgehead atoms. The Bertz CT molecular complexity index is 245. The third kappa shape index (κ3) is 0.299. The van der Waals surface area contributed by atoms with E-state index in [0.29, 0.717) is 5.41 Å². The SMILES string of the molecule is CC1C2(CCN)C3C(C)(C)C132. The molecule has 4 atom stereocenters. The maximum Gasteiger partial charge on any atom is -0.00716 e. The fourth-order valence-electron chi connectivity index (χ4n) is 5.11. The predicted molar refractivity (Wildman–Crippen MR) is 45.0 cm³/mol. The van der Waals surface area contributed by atoms with E-state index in [1.165, 1.54) is 6.42 Å². The third-order valence-corrected chi connectivity index (χ3v) is 5.29. The molecule has 3 aliphatic rings. The molecule has 1 nitrogen and oxygen atoms in total. The highest BCUT2D eigenvalue weighted by Crippen LogP contribution is 3.16. The van der Waals surface area contributed by atoms with Gasteiger partial charge in [0.05, 0.1) is 0 Å². The van der Waals surface area contributed by atoms with Crippen molar-refractivity contribution in [3.8, 4) is 0 Å². The molecule has 3 aliphatic carbocycles. The van der Waals surface area contributed by atoms with Crippen molar-refractivity contribution in [2.75, 3.05) is 6.54 Å². The minimum atomic E-state index is 0.696. The van der Waals surface area contributed by atoms with Gasteiger partial charge in [-0.05, 0) is 41.0 Å². The number of hydrogen-bond acceptors (Lipinski definition) is 1. The van der Waals surface area contributed by atoms with Crippen molar-refractivity contribution in [1.29, 1.82) is 0 Å². The maximum absolute atomic E-state index is 5.61. The smallest absolute Gasteiger partial charge is 0.00716 e. The van der Waals surface area contributed by atoms with Crippen LogP contribution in [-0.4, -0.2) is 6.54 Å². The van der Waals surface area contributed by atoms with E-state index in [1.807, 2.05) is 0 Å². The van der Waals surface area contributed by atoms with Gasteiger partial charge < -0.3 is 5.73 Å². The molecule has 11 heavy (non-hydrogen) atoms. The van der Waals surface area contributed by atoms with Crippen LogP contribution in [-0.2, 0) is 0 Å². The van der Waals surface area contributed by atoms with E-state index in [4.69, 9.17) is 5.73 Å². The van der Waals surface area contributed by atoms with Crippen LogP contribution in [0.1, 0.15) is 27.2 Å². The van der Waals surface area contributed by atoms with Gasteiger partial charge >= 0.3 is 0 Å². The Balaban J connectivity index is 1.85. The maximum atomic E-state index is 5.61. The van der Waals surface area contributed by atoms with Crippen molar-refractivity contribution < 1.29 is 0 Å². The average molecular weight is 151 g/mol. The zero-order chi connectivity index (χ0) is 8.07. The lowest BCUT2D eigenvalue weighted by atomic mass is 9.89. The predicted octanol–water partition coefficient (Wildman–Crippen LogP) is 1.63. The summed E-state index contributed by atoms with van der Waals surface area (Å²) in [6.45, 7) is 8.17. The zero-order valence-electron chi connectivity index (χ0n) is 7.65. The Morgan fingerprint density at radius 1 is 1.36 bits per heavy atom. The molecule has 0 aromatic carbocycles. The van der Waals surface area contributed by atoms with Crippen LogP contribution in [0.15, 0.2) is 0 Å². The van der Waals surface area contributed by atoms with E-state index in [0.717, 1.165) is 29.2 Å². The summed E-state index contributed by atoms with van der Waals surface area (Å²) in [7, 11) is 0. The first-order valence-corrected chi connectivity index (χ1v) is 4.78. The van der Waals surface area contributed by atoms with E-state index < -0.39 is 0 Å². The molecule has 0 aromatic heterocycles. The monoisotopic (exact) mass is 151 g/mol. The number of hydrogen-bond donors (Lipinski definition) is 1. The standard InChI is InChI=1S/C10H17N/c1-6-9(4-5-11)7-8(2,3)10(6,7)9/h6-7H,4-5,11H2,1-3H3. The lowest BCUT2D eigenvalue weighted by molar-refractivity contribution is 0.325. The van der Waals surface area contributed by atoms with Crippen LogP contribution in [0.4, 0.5) is 0 Å². The highest BCUT2D eigenvalue weighted by atomic mass is 15.2. The van der Waals surface area contributed by atoms with Gasteiger partial charge in [-0.1, -0.05) is 20.8 Å². The normalized spacial score (nSPS) is 66.5. The molecule has 1 spiro atoms. The molecule has 0 amide bonds.